The first-order chi connectivity index (χ1) is 19.1. The summed E-state index contributed by atoms with van der Waals surface area (Å²) in [5.74, 6) is 2.56. The van der Waals surface area contributed by atoms with Crippen LogP contribution in [-0.2, 0) is 11.3 Å². The molecule has 0 amide bonds. The molecule has 4 aromatic rings. The fourth-order valence-electron chi connectivity index (χ4n) is 5.23. The number of nitrogens with zero attached hydrogens (tertiary/aromatic N) is 5. The third-order valence-electron chi connectivity index (χ3n) is 6.83. The minimum atomic E-state index is 0.222. The van der Waals surface area contributed by atoms with Gasteiger partial charge in [0, 0.05) is 37.8 Å². The van der Waals surface area contributed by atoms with Gasteiger partial charge in [-0.25, -0.2) is 9.97 Å². The van der Waals surface area contributed by atoms with Gasteiger partial charge in [0.15, 0.2) is 5.13 Å². The molecule has 0 aliphatic carbocycles. The predicted octanol–water partition coefficient (Wildman–Crippen LogP) is 4.77. The lowest BCUT2D eigenvalue weighted by atomic mass is 10.1. The Morgan fingerprint density at radius 3 is 2.64 bits per heavy atom. The summed E-state index contributed by atoms with van der Waals surface area (Å²) in [5, 5.41) is 19.7. The van der Waals surface area contributed by atoms with Crippen molar-refractivity contribution in [2.75, 3.05) is 36.8 Å². The second kappa shape index (κ2) is 11.8. The van der Waals surface area contributed by atoms with Crippen LogP contribution < -0.4 is 16.0 Å². The van der Waals surface area contributed by atoms with Gasteiger partial charge in [-0.2, -0.15) is 0 Å². The number of rotatable bonds is 8. The van der Waals surface area contributed by atoms with Gasteiger partial charge in [-0.3, -0.25) is 4.90 Å². The van der Waals surface area contributed by atoms with Crippen LogP contribution in [0.3, 0.4) is 0 Å². The van der Waals surface area contributed by atoms with Gasteiger partial charge in [-0.15, -0.1) is 10.2 Å². The van der Waals surface area contributed by atoms with Crippen molar-refractivity contribution in [3.63, 3.8) is 0 Å². The van der Waals surface area contributed by atoms with Crippen molar-refractivity contribution in [2.24, 2.45) is 0 Å². The molecule has 0 bridgehead atoms. The second-order valence-corrected chi connectivity index (χ2v) is 11.3. The van der Waals surface area contributed by atoms with Gasteiger partial charge in [0.05, 0.1) is 18.4 Å². The molecule has 2 saturated heterocycles. The van der Waals surface area contributed by atoms with Gasteiger partial charge in [-0.1, -0.05) is 29.5 Å². The molecule has 2 aliphatic heterocycles. The van der Waals surface area contributed by atoms with Crippen molar-refractivity contribution in [2.45, 2.75) is 51.5 Å². The van der Waals surface area contributed by atoms with E-state index in [9.17, 15) is 0 Å². The van der Waals surface area contributed by atoms with Crippen LogP contribution in [0.5, 0.6) is 0 Å². The normalized spacial score (nSPS) is 22.1. The van der Waals surface area contributed by atoms with Crippen LogP contribution in [0, 0.1) is 0 Å². The topological polar surface area (TPSA) is 113 Å². The lowest BCUT2D eigenvalue weighted by molar-refractivity contribution is -0.0704. The highest BCUT2D eigenvalue weighted by Gasteiger charge is 2.23. The van der Waals surface area contributed by atoms with Crippen molar-refractivity contribution < 1.29 is 9.15 Å². The van der Waals surface area contributed by atoms with Gasteiger partial charge in [0.2, 0.25) is 5.89 Å². The number of piperidine rings is 1. The number of pyridine rings is 1. The first-order valence-corrected chi connectivity index (χ1v) is 14.4. The second-order valence-electron chi connectivity index (χ2n) is 10.3. The Kier molecular flexibility index (Phi) is 7.82. The zero-order chi connectivity index (χ0) is 26.6. The number of hydrogen-bond donors (Lipinski definition) is 3. The third-order valence-corrected chi connectivity index (χ3v) is 7.73. The Bertz CT molecular complexity index is 1360. The summed E-state index contributed by atoms with van der Waals surface area (Å²) >= 11 is 1.46. The molecule has 10 nitrogen and oxygen atoms in total. The van der Waals surface area contributed by atoms with Gasteiger partial charge in [-0.05, 0) is 63.1 Å². The molecule has 6 rings (SSSR count). The zero-order valence-electron chi connectivity index (χ0n) is 22.3. The lowest BCUT2D eigenvalue weighted by Crippen LogP contribution is -2.44. The molecule has 11 heteroatoms. The number of thiazole rings is 1. The molecule has 0 spiro atoms. The molecule has 3 N–H and O–H groups in total. The van der Waals surface area contributed by atoms with Crippen LogP contribution in [0.1, 0.15) is 32.3 Å². The summed E-state index contributed by atoms with van der Waals surface area (Å²) in [5.41, 5.74) is 2.08. The molecule has 0 saturated carbocycles. The first-order valence-electron chi connectivity index (χ1n) is 13.6. The maximum absolute atomic E-state index is 5.94. The molecular formula is C28H34N8O2S. The van der Waals surface area contributed by atoms with E-state index in [1.54, 1.807) is 6.20 Å². The Morgan fingerprint density at radius 2 is 1.85 bits per heavy atom. The molecule has 2 fully saturated rings. The van der Waals surface area contributed by atoms with Crippen LogP contribution in [0.15, 0.2) is 53.1 Å². The van der Waals surface area contributed by atoms with E-state index >= 15 is 0 Å². The summed E-state index contributed by atoms with van der Waals surface area (Å²) in [7, 11) is 0. The minimum Gasteiger partial charge on any atom is -0.415 e. The van der Waals surface area contributed by atoms with Crippen LogP contribution in [0.4, 0.5) is 16.8 Å². The number of ether oxygens (including phenoxy) is 1. The highest BCUT2D eigenvalue weighted by Crippen LogP contribution is 2.32. The van der Waals surface area contributed by atoms with E-state index in [0.717, 1.165) is 67.6 Å². The van der Waals surface area contributed by atoms with Crippen molar-refractivity contribution in [1.29, 1.82) is 0 Å². The van der Waals surface area contributed by atoms with Crippen LogP contribution in [-0.4, -0.2) is 69.5 Å². The van der Waals surface area contributed by atoms with E-state index in [-0.39, 0.29) is 12.2 Å². The molecule has 0 radical (unpaired) electrons. The zero-order valence-corrected chi connectivity index (χ0v) is 23.1. The van der Waals surface area contributed by atoms with Crippen LogP contribution in [0.25, 0.3) is 22.2 Å². The van der Waals surface area contributed by atoms with Crippen LogP contribution in [0.2, 0.25) is 0 Å². The molecule has 39 heavy (non-hydrogen) atoms. The van der Waals surface area contributed by atoms with Crippen molar-refractivity contribution >= 4 is 28.1 Å². The average Bonchev–Trinajstić information content (AvgIpc) is 3.59. The highest BCUT2D eigenvalue weighted by atomic mass is 32.1. The summed E-state index contributed by atoms with van der Waals surface area (Å²) in [6.45, 7) is 8.95. The lowest BCUT2D eigenvalue weighted by Gasteiger charge is -2.35. The fraction of sp³-hybridized carbons (Fsp3) is 0.429. The standard InChI is InChI=1S/C28H34N8O2S/c1-18-15-36(16-19(2)37-18)17-20-11-24(31-22-9-6-10-29-13-22)32-25(12-20)33-28-30-14-23(39-28)27-35-34-26(38-27)21-7-4-3-5-8-21/h3-5,7-8,11-12,14,18-19,22,29H,6,9-10,13,15-17H2,1-2H3,(H2,30,31,32,33)/t18-,19+,22-/m0/s1. The number of nitrogens with one attached hydrogen (secondary N) is 3. The quantitative estimate of drug-likeness (QED) is 0.286. The Morgan fingerprint density at radius 1 is 1.05 bits per heavy atom. The monoisotopic (exact) mass is 546 g/mol. The molecule has 5 heterocycles. The molecule has 204 valence electrons. The number of hydrogen-bond acceptors (Lipinski definition) is 11. The van der Waals surface area contributed by atoms with E-state index in [1.807, 2.05) is 30.3 Å². The van der Waals surface area contributed by atoms with E-state index < -0.39 is 0 Å². The van der Waals surface area contributed by atoms with Crippen molar-refractivity contribution in [3.05, 3.63) is 54.2 Å². The number of aromatic nitrogens is 4. The van der Waals surface area contributed by atoms with Gasteiger partial charge >= 0.3 is 0 Å². The van der Waals surface area contributed by atoms with E-state index in [0.29, 0.717) is 23.0 Å². The fourth-order valence-corrected chi connectivity index (χ4v) is 5.98. The Labute approximate surface area is 232 Å². The molecule has 3 atom stereocenters. The maximum atomic E-state index is 5.94. The Balaban J connectivity index is 1.21. The molecular weight excluding hydrogens is 512 g/mol. The number of anilines is 3. The Hall–Kier alpha value is -3.38. The van der Waals surface area contributed by atoms with Crippen molar-refractivity contribution in [3.8, 4) is 22.2 Å². The third kappa shape index (κ3) is 6.62. The summed E-state index contributed by atoms with van der Waals surface area (Å²) in [6, 6.07) is 14.4. The van der Waals surface area contributed by atoms with Gasteiger partial charge < -0.3 is 25.1 Å². The van der Waals surface area contributed by atoms with E-state index in [2.05, 4.69) is 62.0 Å². The highest BCUT2D eigenvalue weighted by molar-refractivity contribution is 7.18. The molecule has 3 aromatic heterocycles. The molecule has 2 aliphatic rings. The van der Waals surface area contributed by atoms with Gasteiger partial charge in [0.1, 0.15) is 16.5 Å². The first kappa shape index (κ1) is 25.9. The number of benzene rings is 1. The summed E-state index contributed by atoms with van der Waals surface area (Å²) in [6.07, 6.45) is 4.49. The largest absolute Gasteiger partial charge is 0.415 e. The minimum absolute atomic E-state index is 0.222. The van der Waals surface area contributed by atoms with Crippen LogP contribution >= 0.6 is 11.3 Å². The maximum Gasteiger partial charge on any atom is 0.259 e. The van der Waals surface area contributed by atoms with Crippen molar-refractivity contribution in [1.82, 2.24) is 30.4 Å². The molecule has 1 aromatic carbocycles. The smallest absolute Gasteiger partial charge is 0.259 e. The summed E-state index contributed by atoms with van der Waals surface area (Å²) < 4.78 is 11.9. The van der Waals surface area contributed by atoms with E-state index in [1.165, 1.54) is 16.9 Å². The van der Waals surface area contributed by atoms with E-state index in [4.69, 9.17) is 14.1 Å². The molecule has 0 unspecified atom stereocenters. The SMILES string of the molecule is C[C@@H]1CN(Cc2cc(Nc3ncc(-c4nnc(-c5ccccc5)o4)s3)nc(N[C@H]3CCCNC3)c2)C[C@H](C)O1. The van der Waals surface area contributed by atoms with Gasteiger partial charge in [0.25, 0.3) is 5.89 Å². The average molecular weight is 547 g/mol. The predicted molar refractivity (Wildman–Crippen MR) is 153 cm³/mol. The number of morpholine rings is 1. The summed E-state index contributed by atoms with van der Waals surface area (Å²) in [4.78, 5) is 12.7.